The summed E-state index contributed by atoms with van der Waals surface area (Å²) in [6, 6.07) is 16.3. The van der Waals surface area contributed by atoms with Gasteiger partial charge in [-0.3, -0.25) is 9.89 Å². The first-order chi connectivity index (χ1) is 16.5. The number of benzene rings is 2. The van der Waals surface area contributed by atoms with Gasteiger partial charge in [-0.25, -0.2) is 9.37 Å². The summed E-state index contributed by atoms with van der Waals surface area (Å²) < 4.78 is 14.1. The molecule has 0 saturated carbocycles. The van der Waals surface area contributed by atoms with E-state index in [0.29, 0.717) is 39.8 Å². The summed E-state index contributed by atoms with van der Waals surface area (Å²) in [5.74, 6) is 0.848. The van der Waals surface area contributed by atoms with Crippen LogP contribution in [0.1, 0.15) is 40.2 Å². The van der Waals surface area contributed by atoms with Crippen molar-refractivity contribution in [2.75, 3.05) is 30.8 Å². The van der Waals surface area contributed by atoms with Crippen molar-refractivity contribution in [1.82, 2.24) is 20.1 Å². The second-order valence-electron chi connectivity index (χ2n) is 8.93. The average molecular weight is 459 g/mol. The fourth-order valence-corrected chi connectivity index (χ4v) is 4.36. The Labute approximate surface area is 197 Å². The normalized spacial score (nSPS) is 14.9. The molecule has 2 aromatic heterocycles. The first kappa shape index (κ1) is 22.0. The number of hydrogen-bond donors (Lipinski definition) is 3. The molecule has 1 aliphatic rings. The lowest BCUT2D eigenvalue weighted by Gasteiger charge is -2.29. The molecular weight excluding hydrogens is 431 g/mol. The number of hydrogen-bond acceptors (Lipinski definition) is 5. The molecular formula is C26H27FN6O. The number of amides is 1. The zero-order valence-electron chi connectivity index (χ0n) is 19.2. The molecule has 0 atom stereocenters. The zero-order valence-corrected chi connectivity index (χ0v) is 19.2. The van der Waals surface area contributed by atoms with Gasteiger partial charge in [0.05, 0.1) is 11.1 Å². The Bertz CT molecular complexity index is 1330. The smallest absolute Gasteiger partial charge is 0.256 e. The monoisotopic (exact) mass is 458 g/mol. The van der Waals surface area contributed by atoms with E-state index in [2.05, 4.69) is 49.9 Å². The first-order valence-corrected chi connectivity index (χ1v) is 11.4. The van der Waals surface area contributed by atoms with Gasteiger partial charge in [-0.05, 0) is 93.3 Å². The summed E-state index contributed by atoms with van der Waals surface area (Å²) in [5, 5.41) is 13.6. The quantitative estimate of drug-likeness (QED) is 0.382. The molecule has 0 bridgehead atoms. The highest BCUT2D eigenvalue weighted by Gasteiger charge is 2.19. The molecule has 1 fully saturated rings. The summed E-state index contributed by atoms with van der Waals surface area (Å²) in [6.07, 6.45) is 2.28. The second-order valence-corrected chi connectivity index (χ2v) is 8.93. The summed E-state index contributed by atoms with van der Waals surface area (Å²) in [6.45, 7) is 4.04. The molecule has 34 heavy (non-hydrogen) atoms. The number of aryl methyl sites for hydroxylation is 1. The number of likely N-dealkylation sites (tertiary alicyclic amines) is 1. The lowest BCUT2D eigenvalue weighted by Crippen LogP contribution is -2.29. The van der Waals surface area contributed by atoms with E-state index in [0.717, 1.165) is 31.5 Å². The highest BCUT2D eigenvalue weighted by Crippen LogP contribution is 2.28. The number of nitrogens with one attached hydrogen (secondary N) is 3. The van der Waals surface area contributed by atoms with E-state index in [-0.39, 0.29) is 11.7 Å². The number of carbonyl (C=O) groups is 1. The lowest BCUT2D eigenvalue weighted by atomic mass is 9.89. The predicted octanol–water partition coefficient (Wildman–Crippen LogP) is 5.21. The van der Waals surface area contributed by atoms with Crippen molar-refractivity contribution >= 4 is 34.3 Å². The molecule has 0 radical (unpaired) electrons. The Hall–Kier alpha value is -3.78. The third-order valence-corrected chi connectivity index (χ3v) is 6.41. The standard InChI is InChI=1S/C26H27FN6O/c1-16-3-9-22(21(27)15-16)28-23-10-8-20-24(29-23)31-32-25(20)30-26(34)19-6-4-17(5-7-19)18-11-13-33(2)14-12-18/h3-10,15,18H,11-14H2,1-2H3,(H3,28,29,30,31,32,34). The van der Waals surface area contributed by atoms with E-state index in [1.165, 1.54) is 11.6 Å². The Morgan fingerprint density at radius 1 is 1.09 bits per heavy atom. The topological polar surface area (TPSA) is 85.9 Å². The Morgan fingerprint density at radius 2 is 1.85 bits per heavy atom. The van der Waals surface area contributed by atoms with E-state index in [1.54, 1.807) is 18.2 Å². The molecule has 174 valence electrons. The molecule has 1 saturated heterocycles. The number of carbonyl (C=O) groups excluding carboxylic acids is 1. The van der Waals surface area contributed by atoms with Crippen LogP contribution in [-0.2, 0) is 0 Å². The highest BCUT2D eigenvalue weighted by atomic mass is 19.1. The van der Waals surface area contributed by atoms with Crippen LogP contribution >= 0.6 is 0 Å². The van der Waals surface area contributed by atoms with Crippen molar-refractivity contribution in [2.45, 2.75) is 25.7 Å². The highest BCUT2D eigenvalue weighted by molar-refractivity contribution is 6.07. The minimum Gasteiger partial charge on any atom is -0.338 e. The lowest BCUT2D eigenvalue weighted by molar-refractivity contribution is 0.102. The number of halogens is 1. The first-order valence-electron chi connectivity index (χ1n) is 11.4. The van der Waals surface area contributed by atoms with Gasteiger partial charge in [0.15, 0.2) is 11.5 Å². The molecule has 4 aromatic rings. The molecule has 5 rings (SSSR count). The number of rotatable bonds is 5. The van der Waals surface area contributed by atoms with Gasteiger partial charge in [0.25, 0.3) is 5.91 Å². The van der Waals surface area contributed by atoms with Crippen molar-refractivity contribution in [3.63, 3.8) is 0 Å². The zero-order chi connectivity index (χ0) is 23.7. The average Bonchev–Trinajstić information content (AvgIpc) is 3.23. The molecule has 0 aliphatic carbocycles. The van der Waals surface area contributed by atoms with Gasteiger partial charge in [0.2, 0.25) is 0 Å². The minimum absolute atomic E-state index is 0.229. The van der Waals surface area contributed by atoms with E-state index in [1.807, 2.05) is 25.1 Å². The number of nitrogens with zero attached hydrogens (tertiary/aromatic N) is 3. The number of piperidine rings is 1. The molecule has 0 spiro atoms. The summed E-state index contributed by atoms with van der Waals surface area (Å²) >= 11 is 0. The van der Waals surface area contributed by atoms with Crippen molar-refractivity contribution in [2.24, 2.45) is 0 Å². The fourth-order valence-electron chi connectivity index (χ4n) is 4.36. The van der Waals surface area contributed by atoms with Gasteiger partial charge in [-0.2, -0.15) is 5.10 Å². The Morgan fingerprint density at radius 3 is 2.59 bits per heavy atom. The predicted molar refractivity (Wildman–Crippen MR) is 132 cm³/mol. The second kappa shape index (κ2) is 9.23. The van der Waals surface area contributed by atoms with Crippen LogP contribution in [0, 0.1) is 12.7 Å². The third kappa shape index (κ3) is 4.63. The number of anilines is 3. The van der Waals surface area contributed by atoms with Crippen LogP contribution in [-0.4, -0.2) is 46.1 Å². The number of fused-ring (bicyclic) bond motifs is 1. The van der Waals surface area contributed by atoms with Crippen molar-refractivity contribution in [1.29, 1.82) is 0 Å². The van der Waals surface area contributed by atoms with E-state index in [4.69, 9.17) is 0 Å². The number of aromatic amines is 1. The molecule has 3 N–H and O–H groups in total. The number of H-pyrrole nitrogens is 1. The van der Waals surface area contributed by atoms with Crippen LogP contribution in [0.15, 0.2) is 54.6 Å². The Kier molecular flexibility index (Phi) is 5.98. The van der Waals surface area contributed by atoms with E-state index in [9.17, 15) is 9.18 Å². The molecule has 1 aliphatic heterocycles. The molecule has 1 amide bonds. The maximum atomic E-state index is 14.1. The van der Waals surface area contributed by atoms with E-state index < -0.39 is 0 Å². The molecule has 2 aromatic carbocycles. The maximum Gasteiger partial charge on any atom is 0.256 e. The van der Waals surface area contributed by atoms with Gasteiger partial charge >= 0.3 is 0 Å². The number of pyridine rings is 1. The molecule has 7 nitrogen and oxygen atoms in total. The SMILES string of the molecule is Cc1ccc(Nc2ccc3c(NC(=O)c4ccc(C5CCN(C)CC5)cc4)n[nH]c3n2)c(F)c1. The number of aromatic nitrogens is 3. The fraction of sp³-hybridized carbons (Fsp3) is 0.269. The van der Waals surface area contributed by atoms with E-state index >= 15 is 0 Å². The van der Waals surface area contributed by atoms with Gasteiger partial charge in [0, 0.05) is 5.56 Å². The molecule has 3 heterocycles. The van der Waals surface area contributed by atoms with Gasteiger partial charge in [0.1, 0.15) is 11.6 Å². The molecule has 8 heteroatoms. The van der Waals surface area contributed by atoms with Gasteiger partial charge in [-0.1, -0.05) is 18.2 Å². The van der Waals surface area contributed by atoms with Crippen LogP contribution in [0.25, 0.3) is 11.0 Å². The van der Waals surface area contributed by atoms with Crippen molar-refractivity contribution < 1.29 is 9.18 Å². The van der Waals surface area contributed by atoms with Crippen LogP contribution in [0.5, 0.6) is 0 Å². The van der Waals surface area contributed by atoms with Crippen molar-refractivity contribution in [3.05, 3.63) is 77.1 Å². The summed E-state index contributed by atoms with van der Waals surface area (Å²) in [7, 11) is 2.15. The van der Waals surface area contributed by atoms with Crippen LogP contribution < -0.4 is 10.6 Å². The minimum atomic E-state index is -0.346. The van der Waals surface area contributed by atoms with Crippen LogP contribution in [0.2, 0.25) is 0 Å². The van der Waals surface area contributed by atoms with Gasteiger partial charge in [-0.15, -0.1) is 0 Å². The van der Waals surface area contributed by atoms with Crippen LogP contribution in [0.3, 0.4) is 0 Å². The van der Waals surface area contributed by atoms with Crippen molar-refractivity contribution in [3.8, 4) is 0 Å². The maximum absolute atomic E-state index is 14.1. The largest absolute Gasteiger partial charge is 0.338 e. The summed E-state index contributed by atoms with van der Waals surface area (Å²) in [5.41, 5.74) is 3.54. The van der Waals surface area contributed by atoms with Crippen LogP contribution in [0.4, 0.5) is 21.7 Å². The Balaban J connectivity index is 1.27. The third-order valence-electron chi connectivity index (χ3n) is 6.41. The molecule has 0 unspecified atom stereocenters. The summed E-state index contributed by atoms with van der Waals surface area (Å²) in [4.78, 5) is 19.6. The van der Waals surface area contributed by atoms with Gasteiger partial charge < -0.3 is 15.5 Å².